The van der Waals surface area contributed by atoms with E-state index in [1.807, 2.05) is 43.3 Å². The minimum Gasteiger partial charge on any atom is -0.345 e. The van der Waals surface area contributed by atoms with E-state index in [0.717, 1.165) is 5.56 Å². The molecule has 3 aromatic rings. The molecular weight excluding hydrogens is 430 g/mol. The van der Waals surface area contributed by atoms with Crippen molar-refractivity contribution >= 4 is 40.9 Å². The Labute approximate surface area is 190 Å². The maximum absolute atomic E-state index is 12.9. The number of anilines is 1. The first-order valence-corrected chi connectivity index (χ1v) is 10.9. The first-order chi connectivity index (χ1) is 15.0. The Bertz CT molecular complexity index is 1140. The molecule has 0 radical (unpaired) electrons. The van der Waals surface area contributed by atoms with Crippen molar-refractivity contribution in [2.75, 3.05) is 11.1 Å². The maximum atomic E-state index is 12.9. The topological polar surface area (TPSA) is 82.0 Å². The first kappa shape index (κ1) is 22.4. The molecule has 0 bridgehead atoms. The molecule has 0 aliphatic rings. The highest BCUT2D eigenvalue weighted by molar-refractivity contribution is 8.00. The van der Waals surface area contributed by atoms with E-state index in [1.54, 1.807) is 42.5 Å². The number of rotatable bonds is 7. The Kier molecular flexibility index (Phi) is 7.71. The van der Waals surface area contributed by atoms with Crippen molar-refractivity contribution in [1.29, 1.82) is 5.26 Å². The van der Waals surface area contributed by atoms with Crippen LogP contribution in [0.2, 0.25) is 5.02 Å². The van der Waals surface area contributed by atoms with Crippen LogP contribution in [-0.2, 0) is 4.79 Å². The molecule has 1 unspecified atom stereocenters. The van der Waals surface area contributed by atoms with Gasteiger partial charge in [0.15, 0.2) is 0 Å². The fraction of sp³-hybridized carbons (Fsp3) is 0.125. The number of nitrogens with one attached hydrogen (secondary N) is 2. The van der Waals surface area contributed by atoms with Crippen molar-refractivity contribution in [1.82, 2.24) is 5.32 Å². The van der Waals surface area contributed by atoms with Gasteiger partial charge in [0, 0.05) is 15.6 Å². The summed E-state index contributed by atoms with van der Waals surface area (Å²) in [5.74, 6) is -0.335. The van der Waals surface area contributed by atoms with Crippen LogP contribution in [0.3, 0.4) is 0 Å². The second-order valence-corrected chi connectivity index (χ2v) is 8.17. The molecule has 0 saturated heterocycles. The number of benzene rings is 3. The molecule has 0 aromatic heterocycles. The van der Waals surface area contributed by atoms with Crippen molar-refractivity contribution in [3.63, 3.8) is 0 Å². The van der Waals surface area contributed by atoms with Gasteiger partial charge in [-0.3, -0.25) is 9.59 Å². The largest absolute Gasteiger partial charge is 0.345 e. The van der Waals surface area contributed by atoms with Crippen LogP contribution in [-0.4, -0.2) is 17.6 Å². The van der Waals surface area contributed by atoms with Crippen LogP contribution in [0, 0.1) is 11.3 Å². The number of carbonyl (C=O) groups excluding carboxylic acids is 2. The lowest BCUT2D eigenvalue weighted by Gasteiger charge is -2.17. The number of hydrogen-bond acceptors (Lipinski definition) is 4. The molecule has 0 saturated carbocycles. The van der Waals surface area contributed by atoms with Crippen LogP contribution in [0.4, 0.5) is 5.69 Å². The summed E-state index contributed by atoms with van der Waals surface area (Å²) in [5, 5.41) is 15.3. The van der Waals surface area contributed by atoms with Gasteiger partial charge in [0.1, 0.15) is 0 Å². The fourth-order valence-electron chi connectivity index (χ4n) is 2.97. The van der Waals surface area contributed by atoms with Gasteiger partial charge in [0.25, 0.3) is 5.91 Å². The van der Waals surface area contributed by atoms with E-state index >= 15 is 0 Å². The van der Waals surface area contributed by atoms with Gasteiger partial charge in [-0.1, -0.05) is 48.0 Å². The number of thioether (sulfide) groups is 1. The average Bonchev–Trinajstić information content (AvgIpc) is 2.78. The summed E-state index contributed by atoms with van der Waals surface area (Å²) in [6, 6.07) is 23.0. The molecule has 0 spiro atoms. The van der Waals surface area contributed by atoms with Crippen LogP contribution < -0.4 is 10.6 Å². The van der Waals surface area contributed by atoms with E-state index < -0.39 is 0 Å². The second-order valence-electron chi connectivity index (χ2n) is 6.74. The summed E-state index contributed by atoms with van der Waals surface area (Å²) in [6.45, 7) is 1.87. The monoisotopic (exact) mass is 449 g/mol. The molecular formula is C24H20ClN3O2S. The molecule has 1 atom stereocenters. The summed E-state index contributed by atoms with van der Waals surface area (Å²) in [6.07, 6.45) is 0. The number of amides is 2. The molecule has 0 fully saturated rings. The highest BCUT2D eigenvalue weighted by Gasteiger charge is 2.17. The molecule has 31 heavy (non-hydrogen) atoms. The van der Waals surface area contributed by atoms with Crippen LogP contribution in [0.1, 0.15) is 34.5 Å². The quantitative estimate of drug-likeness (QED) is 0.471. The van der Waals surface area contributed by atoms with Gasteiger partial charge < -0.3 is 10.6 Å². The van der Waals surface area contributed by atoms with Gasteiger partial charge >= 0.3 is 0 Å². The number of nitrogens with zero attached hydrogens (tertiary/aromatic N) is 1. The lowest BCUT2D eigenvalue weighted by atomic mass is 10.1. The third kappa shape index (κ3) is 6.11. The Morgan fingerprint density at radius 1 is 1.06 bits per heavy atom. The van der Waals surface area contributed by atoms with Gasteiger partial charge in [0.2, 0.25) is 5.91 Å². The third-order valence-corrected chi connectivity index (χ3v) is 5.90. The number of halogens is 1. The van der Waals surface area contributed by atoms with Crippen molar-refractivity contribution in [2.45, 2.75) is 17.9 Å². The summed E-state index contributed by atoms with van der Waals surface area (Å²) in [4.78, 5) is 25.9. The fourth-order valence-corrected chi connectivity index (χ4v) is 4.11. The van der Waals surface area contributed by atoms with Crippen LogP contribution >= 0.6 is 23.4 Å². The Morgan fingerprint density at radius 2 is 1.81 bits per heavy atom. The molecule has 2 amide bonds. The van der Waals surface area contributed by atoms with Gasteiger partial charge in [-0.2, -0.15) is 5.26 Å². The van der Waals surface area contributed by atoms with Gasteiger partial charge in [-0.25, -0.2) is 0 Å². The van der Waals surface area contributed by atoms with Gasteiger partial charge in [-0.05, 0) is 48.9 Å². The van der Waals surface area contributed by atoms with E-state index in [2.05, 4.69) is 10.6 Å². The molecule has 0 aliphatic heterocycles. The lowest BCUT2D eigenvalue weighted by molar-refractivity contribution is -0.113. The lowest BCUT2D eigenvalue weighted by Crippen LogP contribution is -2.27. The van der Waals surface area contributed by atoms with Gasteiger partial charge in [-0.15, -0.1) is 11.8 Å². The number of carbonyl (C=O) groups is 2. The zero-order valence-corrected chi connectivity index (χ0v) is 18.3. The van der Waals surface area contributed by atoms with Crippen LogP contribution in [0.25, 0.3) is 0 Å². The predicted molar refractivity (Wildman–Crippen MR) is 124 cm³/mol. The molecule has 2 N–H and O–H groups in total. The highest BCUT2D eigenvalue weighted by Crippen LogP contribution is 2.26. The van der Waals surface area contributed by atoms with Crippen LogP contribution in [0.5, 0.6) is 0 Å². The molecule has 0 aliphatic carbocycles. The third-order valence-electron chi connectivity index (χ3n) is 4.49. The number of nitriles is 1. The van der Waals surface area contributed by atoms with E-state index in [-0.39, 0.29) is 23.6 Å². The van der Waals surface area contributed by atoms with E-state index in [9.17, 15) is 9.59 Å². The Hall–Kier alpha value is -3.27. The Morgan fingerprint density at radius 3 is 2.58 bits per heavy atom. The van der Waals surface area contributed by atoms with Crippen molar-refractivity contribution in [2.24, 2.45) is 0 Å². The first-order valence-electron chi connectivity index (χ1n) is 9.55. The zero-order valence-electron chi connectivity index (χ0n) is 16.8. The van der Waals surface area contributed by atoms with Crippen molar-refractivity contribution in [3.05, 3.63) is 94.5 Å². The predicted octanol–water partition coefficient (Wildman–Crippen LogP) is 5.43. The smallest absolute Gasteiger partial charge is 0.252 e. The summed E-state index contributed by atoms with van der Waals surface area (Å²) in [7, 11) is 0. The summed E-state index contributed by atoms with van der Waals surface area (Å²) >= 11 is 7.51. The standard InChI is InChI=1S/C24H20ClN3O2S/c1-16(19-9-2-4-11-21(19)25)27-24(30)20-10-3-5-12-22(20)31-15-23(29)28-18-8-6-7-17(13-18)14-26/h2-13,16H,15H2,1H3,(H,27,30)(H,28,29). The van der Waals surface area contributed by atoms with E-state index in [4.69, 9.17) is 16.9 Å². The van der Waals surface area contributed by atoms with Crippen molar-refractivity contribution < 1.29 is 9.59 Å². The zero-order chi connectivity index (χ0) is 22.2. The maximum Gasteiger partial charge on any atom is 0.252 e. The second kappa shape index (κ2) is 10.7. The molecule has 156 valence electrons. The average molecular weight is 450 g/mol. The van der Waals surface area contributed by atoms with Gasteiger partial charge in [0.05, 0.1) is 29.0 Å². The number of hydrogen-bond donors (Lipinski definition) is 2. The molecule has 3 rings (SSSR count). The minimum absolute atomic E-state index is 0.126. The minimum atomic E-state index is -0.269. The molecule has 5 nitrogen and oxygen atoms in total. The SMILES string of the molecule is CC(NC(=O)c1ccccc1SCC(=O)Nc1cccc(C#N)c1)c1ccccc1Cl. The molecule has 7 heteroatoms. The normalized spacial score (nSPS) is 11.3. The summed E-state index contributed by atoms with van der Waals surface area (Å²) in [5.41, 5.74) is 2.36. The molecule has 3 aromatic carbocycles. The summed E-state index contributed by atoms with van der Waals surface area (Å²) < 4.78 is 0. The van der Waals surface area contributed by atoms with E-state index in [0.29, 0.717) is 26.7 Å². The Balaban J connectivity index is 1.64. The van der Waals surface area contributed by atoms with Crippen molar-refractivity contribution in [3.8, 4) is 6.07 Å². The van der Waals surface area contributed by atoms with Crippen LogP contribution in [0.15, 0.2) is 77.7 Å². The van der Waals surface area contributed by atoms with E-state index in [1.165, 1.54) is 11.8 Å². The molecule has 0 heterocycles. The highest BCUT2D eigenvalue weighted by atomic mass is 35.5.